The highest BCUT2D eigenvalue weighted by molar-refractivity contribution is 4.79. The van der Waals surface area contributed by atoms with Gasteiger partial charge in [-0.2, -0.15) is 0 Å². The number of nitrogens with two attached hydrogens (primary N) is 1. The predicted octanol–water partition coefficient (Wildman–Crippen LogP) is 0.997. The molecule has 1 fully saturated rings. The van der Waals surface area contributed by atoms with Crippen molar-refractivity contribution >= 4 is 0 Å². The summed E-state index contributed by atoms with van der Waals surface area (Å²) < 4.78 is 0. The molecule has 15 heavy (non-hydrogen) atoms. The summed E-state index contributed by atoms with van der Waals surface area (Å²) >= 11 is 0. The quantitative estimate of drug-likeness (QED) is 0.739. The van der Waals surface area contributed by atoms with Crippen molar-refractivity contribution < 1.29 is 0 Å². The van der Waals surface area contributed by atoms with Crippen LogP contribution in [0.5, 0.6) is 0 Å². The molecule has 0 spiro atoms. The summed E-state index contributed by atoms with van der Waals surface area (Å²) in [5.74, 6) is 0.746. The first-order valence-electron chi connectivity index (χ1n) is 6.26. The molecule has 0 saturated carbocycles. The van der Waals surface area contributed by atoms with E-state index in [1.807, 2.05) is 0 Å². The third kappa shape index (κ3) is 4.49. The van der Waals surface area contributed by atoms with Gasteiger partial charge in [-0.1, -0.05) is 13.8 Å². The van der Waals surface area contributed by atoms with Gasteiger partial charge in [0.1, 0.15) is 0 Å². The van der Waals surface area contributed by atoms with Crippen molar-refractivity contribution in [3.05, 3.63) is 0 Å². The van der Waals surface area contributed by atoms with Crippen molar-refractivity contribution in [2.24, 2.45) is 11.7 Å². The molecule has 1 rings (SSSR count). The van der Waals surface area contributed by atoms with Gasteiger partial charge in [-0.3, -0.25) is 4.90 Å². The molecule has 1 aliphatic heterocycles. The lowest BCUT2D eigenvalue weighted by molar-refractivity contribution is 0.112. The van der Waals surface area contributed by atoms with Gasteiger partial charge < -0.3 is 10.6 Å². The average molecular weight is 213 g/mol. The Morgan fingerprint density at radius 1 is 1.33 bits per heavy atom. The largest absolute Gasteiger partial charge is 0.329 e. The van der Waals surface area contributed by atoms with E-state index in [-0.39, 0.29) is 0 Å². The molecule has 0 aliphatic carbocycles. The third-order valence-corrected chi connectivity index (χ3v) is 3.22. The maximum Gasteiger partial charge on any atom is 0.0120 e. The van der Waals surface area contributed by atoms with Crippen molar-refractivity contribution in [2.75, 3.05) is 39.8 Å². The lowest BCUT2D eigenvalue weighted by Crippen LogP contribution is -2.46. The van der Waals surface area contributed by atoms with E-state index in [0.29, 0.717) is 0 Å². The van der Waals surface area contributed by atoms with Gasteiger partial charge in [0.05, 0.1) is 0 Å². The van der Waals surface area contributed by atoms with Crippen LogP contribution >= 0.6 is 0 Å². The SMILES string of the molecule is CC(C)CN(CCN)C1CCN(C)CC1. The lowest BCUT2D eigenvalue weighted by atomic mass is 10.0. The summed E-state index contributed by atoms with van der Waals surface area (Å²) in [5.41, 5.74) is 5.69. The zero-order valence-electron chi connectivity index (χ0n) is 10.6. The van der Waals surface area contributed by atoms with Gasteiger partial charge in [0.25, 0.3) is 0 Å². The Kier molecular flexibility index (Phi) is 5.58. The number of nitrogens with zero attached hydrogens (tertiary/aromatic N) is 2. The first-order valence-corrected chi connectivity index (χ1v) is 6.26. The number of piperidine rings is 1. The molecule has 2 N–H and O–H groups in total. The van der Waals surface area contributed by atoms with Crippen LogP contribution in [0.25, 0.3) is 0 Å². The Morgan fingerprint density at radius 3 is 2.40 bits per heavy atom. The van der Waals surface area contributed by atoms with Crippen LogP contribution < -0.4 is 5.73 Å². The molecule has 1 saturated heterocycles. The van der Waals surface area contributed by atoms with Crippen LogP contribution in [0.4, 0.5) is 0 Å². The van der Waals surface area contributed by atoms with Crippen LogP contribution in [0.3, 0.4) is 0 Å². The zero-order valence-corrected chi connectivity index (χ0v) is 10.6. The lowest BCUT2D eigenvalue weighted by Gasteiger charge is -2.38. The second-order valence-corrected chi connectivity index (χ2v) is 5.21. The second-order valence-electron chi connectivity index (χ2n) is 5.21. The molecular formula is C12H27N3. The van der Waals surface area contributed by atoms with E-state index < -0.39 is 0 Å². The van der Waals surface area contributed by atoms with Crippen LogP contribution in [0.15, 0.2) is 0 Å². The van der Waals surface area contributed by atoms with Gasteiger partial charge in [-0.15, -0.1) is 0 Å². The molecular weight excluding hydrogens is 186 g/mol. The van der Waals surface area contributed by atoms with Crippen LogP contribution in [0, 0.1) is 5.92 Å². The minimum Gasteiger partial charge on any atom is -0.329 e. The number of hydrogen-bond acceptors (Lipinski definition) is 3. The minimum atomic E-state index is 0.746. The van der Waals surface area contributed by atoms with Gasteiger partial charge in [0.2, 0.25) is 0 Å². The molecule has 90 valence electrons. The summed E-state index contributed by atoms with van der Waals surface area (Å²) in [6, 6.07) is 0.771. The first-order chi connectivity index (χ1) is 7.13. The van der Waals surface area contributed by atoms with Crippen molar-refractivity contribution in [3.8, 4) is 0 Å². The summed E-state index contributed by atoms with van der Waals surface area (Å²) in [6.07, 6.45) is 2.62. The van der Waals surface area contributed by atoms with Crippen molar-refractivity contribution in [2.45, 2.75) is 32.7 Å². The average Bonchev–Trinajstić information content (AvgIpc) is 2.17. The molecule has 1 aliphatic rings. The molecule has 0 radical (unpaired) electrons. The molecule has 3 nitrogen and oxygen atoms in total. The molecule has 1 heterocycles. The number of hydrogen-bond donors (Lipinski definition) is 1. The van der Waals surface area contributed by atoms with Gasteiger partial charge in [-0.25, -0.2) is 0 Å². The Hall–Kier alpha value is -0.120. The molecule has 0 atom stereocenters. The van der Waals surface area contributed by atoms with Crippen LogP contribution in [-0.2, 0) is 0 Å². The first kappa shape index (κ1) is 12.9. The summed E-state index contributed by atoms with van der Waals surface area (Å²) in [7, 11) is 2.21. The normalized spacial score (nSPS) is 20.4. The molecule has 0 aromatic carbocycles. The molecule has 0 aromatic heterocycles. The van der Waals surface area contributed by atoms with E-state index >= 15 is 0 Å². The van der Waals surface area contributed by atoms with Gasteiger partial charge in [0.15, 0.2) is 0 Å². The topological polar surface area (TPSA) is 32.5 Å². The molecule has 0 aromatic rings. The molecule has 0 unspecified atom stereocenters. The summed E-state index contributed by atoms with van der Waals surface area (Å²) in [4.78, 5) is 5.02. The van der Waals surface area contributed by atoms with E-state index in [1.54, 1.807) is 0 Å². The fourth-order valence-electron chi connectivity index (χ4n) is 2.42. The molecule has 0 amide bonds. The van der Waals surface area contributed by atoms with Crippen LogP contribution in [-0.4, -0.2) is 55.6 Å². The van der Waals surface area contributed by atoms with E-state index in [9.17, 15) is 0 Å². The zero-order chi connectivity index (χ0) is 11.3. The van der Waals surface area contributed by atoms with Crippen molar-refractivity contribution in [1.29, 1.82) is 0 Å². The van der Waals surface area contributed by atoms with Gasteiger partial charge in [0, 0.05) is 25.7 Å². The Bertz CT molecular complexity index is 162. The van der Waals surface area contributed by atoms with Crippen LogP contribution in [0.1, 0.15) is 26.7 Å². The highest BCUT2D eigenvalue weighted by Crippen LogP contribution is 2.16. The van der Waals surface area contributed by atoms with Gasteiger partial charge in [-0.05, 0) is 38.9 Å². The Morgan fingerprint density at radius 2 is 1.93 bits per heavy atom. The Labute approximate surface area is 94.6 Å². The fourth-order valence-corrected chi connectivity index (χ4v) is 2.42. The highest BCUT2D eigenvalue weighted by atomic mass is 15.2. The summed E-state index contributed by atoms with van der Waals surface area (Å²) in [6.45, 7) is 10.1. The predicted molar refractivity (Wildman–Crippen MR) is 66.0 cm³/mol. The fraction of sp³-hybridized carbons (Fsp3) is 1.00. The standard InChI is InChI=1S/C12H27N3/c1-11(2)10-15(9-6-13)12-4-7-14(3)8-5-12/h11-12H,4-10,13H2,1-3H3. The maximum absolute atomic E-state index is 5.69. The number of rotatable bonds is 5. The Balaban J connectivity index is 2.40. The van der Waals surface area contributed by atoms with Crippen LogP contribution in [0.2, 0.25) is 0 Å². The van der Waals surface area contributed by atoms with E-state index in [0.717, 1.165) is 25.0 Å². The maximum atomic E-state index is 5.69. The smallest absolute Gasteiger partial charge is 0.0120 e. The van der Waals surface area contributed by atoms with E-state index in [4.69, 9.17) is 5.73 Å². The second kappa shape index (κ2) is 6.46. The summed E-state index contributed by atoms with van der Waals surface area (Å²) in [5, 5.41) is 0. The molecule has 3 heteroatoms. The van der Waals surface area contributed by atoms with E-state index in [2.05, 4.69) is 30.7 Å². The third-order valence-electron chi connectivity index (χ3n) is 3.22. The highest BCUT2D eigenvalue weighted by Gasteiger charge is 2.22. The van der Waals surface area contributed by atoms with Crippen molar-refractivity contribution in [3.63, 3.8) is 0 Å². The minimum absolute atomic E-state index is 0.746. The van der Waals surface area contributed by atoms with Gasteiger partial charge >= 0.3 is 0 Å². The number of likely N-dealkylation sites (tertiary alicyclic amines) is 1. The monoisotopic (exact) mass is 213 g/mol. The molecule has 0 bridgehead atoms. The van der Waals surface area contributed by atoms with Crippen molar-refractivity contribution in [1.82, 2.24) is 9.80 Å². The van der Waals surface area contributed by atoms with E-state index in [1.165, 1.54) is 32.5 Å².